The minimum absolute atomic E-state index is 0.0572. The van der Waals surface area contributed by atoms with Gasteiger partial charge < -0.3 is 0 Å². The molecule has 0 aliphatic carbocycles. The predicted molar refractivity (Wildman–Crippen MR) is 115 cm³/mol. The van der Waals surface area contributed by atoms with Crippen molar-refractivity contribution in [2.75, 3.05) is 0 Å². The number of hydrogen-bond donors (Lipinski definition) is 1. The molecule has 148 valence electrons. The molecule has 0 atom stereocenters. The largest absolute Gasteiger partial charge is 0.254 e. The molecule has 0 aliphatic rings. The monoisotopic (exact) mass is 425 g/mol. The van der Waals surface area contributed by atoms with Crippen LogP contribution >= 0.6 is 0 Å². The molecule has 4 aromatic carbocycles. The van der Waals surface area contributed by atoms with E-state index in [1.54, 1.807) is 50.2 Å². The number of rotatable bonds is 4. The van der Waals surface area contributed by atoms with E-state index >= 15 is 0 Å². The topological polar surface area (TPSA) is 80.3 Å². The van der Waals surface area contributed by atoms with Crippen LogP contribution in [0.3, 0.4) is 0 Å². The zero-order chi connectivity index (χ0) is 20.8. The van der Waals surface area contributed by atoms with Crippen molar-refractivity contribution in [1.82, 2.24) is 4.13 Å². The molecule has 0 spiro atoms. The average molecular weight is 426 g/mol. The molecule has 0 fully saturated rings. The van der Waals surface area contributed by atoms with Crippen molar-refractivity contribution < 1.29 is 16.8 Å². The van der Waals surface area contributed by atoms with Crippen molar-refractivity contribution >= 4 is 41.6 Å². The highest BCUT2D eigenvalue weighted by Gasteiger charge is 2.27. The van der Waals surface area contributed by atoms with E-state index in [-0.39, 0.29) is 9.79 Å². The number of aryl methyl sites for hydroxylation is 2. The van der Waals surface area contributed by atoms with Crippen molar-refractivity contribution in [3.05, 3.63) is 83.9 Å². The van der Waals surface area contributed by atoms with E-state index in [0.29, 0.717) is 11.1 Å². The summed E-state index contributed by atoms with van der Waals surface area (Å²) in [5, 5.41) is 3.21. The van der Waals surface area contributed by atoms with E-state index in [2.05, 4.69) is 0 Å². The van der Waals surface area contributed by atoms with Crippen molar-refractivity contribution in [2.45, 2.75) is 23.6 Å². The molecule has 4 rings (SSSR count). The molecule has 0 radical (unpaired) electrons. The summed E-state index contributed by atoms with van der Waals surface area (Å²) in [5.74, 6) is 0. The van der Waals surface area contributed by atoms with Gasteiger partial charge >= 0.3 is 0 Å². The van der Waals surface area contributed by atoms with E-state index in [9.17, 15) is 16.8 Å². The number of fused-ring (bicyclic) bond motifs is 2. The van der Waals surface area contributed by atoms with Crippen molar-refractivity contribution in [3.63, 3.8) is 0 Å². The summed E-state index contributed by atoms with van der Waals surface area (Å²) in [6, 6.07) is 21.1. The number of benzene rings is 4. The van der Waals surface area contributed by atoms with Gasteiger partial charge in [0.25, 0.3) is 20.0 Å². The van der Waals surface area contributed by atoms with Gasteiger partial charge in [0.2, 0.25) is 0 Å². The highest BCUT2D eigenvalue weighted by atomic mass is 32.3. The SMILES string of the molecule is Cc1cc2ccccc2cc1S(=O)(=O)NS(=O)(=O)c1cc2ccccc2cc1C. The Morgan fingerprint density at radius 1 is 0.552 bits per heavy atom. The molecule has 0 saturated heterocycles. The Kier molecular flexibility index (Phi) is 4.69. The summed E-state index contributed by atoms with van der Waals surface area (Å²) in [4.78, 5) is -0.114. The van der Waals surface area contributed by atoms with Gasteiger partial charge in [-0.15, -0.1) is 4.13 Å². The lowest BCUT2D eigenvalue weighted by molar-refractivity contribution is 0.576. The van der Waals surface area contributed by atoms with E-state index < -0.39 is 20.0 Å². The van der Waals surface area contributed by atoms with Crippen LogP contribution in [-0.4, -0.2) is 16.8 Å². The molecule has 0 aromatic heterocycles. The van der Waals surface area contributed by atoms with E-state index in [1.165, 1.54) is 12.1 Å². The first kappa shape index (κ1) is 19.6. The molecule has 0 unspecified atom stereocenters. The van der Waals surface area contributed by atoms with Crippen LogP contribution in [0.5, 0.6) is 0 Å². The summed E-state index contributed by atoms with van der Waals surface area (Å²) in [6.07, 6.45) is 0. The highest BCUT2D eigenvalue weighted by molar-refractivity contribution is 8.04. The minimum Gasteiger partial charge on any atom is -0.206 e. The molecule has 0 heterocycles. The van der Waals surface area contributed by atoms with Crippen LogP contribution in [-0.2, 0) is 20.0 Å². The Morgan fingerprint density at radius 2 is 0.862 bits per heavy atom. The Bertz CT molecular complexity index is 1360. The van der Waals surface area contributed by atoms with Crippen molar-refractivity contribution in [1.29, 1.82) is 0 Å². The molecule has 0 saturated carbocycles. The van der Waals surface area contributed by atoms with Gasteiger partial charge in [-0.2, -0.15) is 0 Å². The Morgan fingerprint density at radius 3 is 1.21 bits per heavy atom. The summed E-state index contributed by atoms with van der Waals surface area (Å²) in [7, 11) is -8.59. The maximum Gasteiger partial charge on any atom is 0.254 e. The van der Waals surface area contributed by atoms with Gasteiger partial charge in [-0.25, -0.2) is 16.8 Å². The minimum atomic E-state index is -4.30. The molecule has 0 amide bonds. The van der Waals surface area contributed by atoms with Gasteiger partial charge in [0.05, 0.1) is 9.79 Å². The average Bonchev–Trinajstić information content (AvgIpc) is 2.65. The van der Waals surface area contributed by atoms with Gasteiger partial charge in [0.15, 0.2) is 0 Å². The van der Waals surface area contributed by atoms with E-state index in [0.717, 1.165) is 21.5 Å². The fourth-order valence-corrected chi connectivity index (χ4v) is 6.88. The third-order valence-corrected chi connectivity index (χ3v) is 8.68. The number of hydrogen-bond acceptors (Lipinski definition) is 4. The first-order chi connectivity index (χ1) is 13.7. The van der Waals surface area contributed by atoms with Gasteiger partial charge in [-0.1, -0.05) is 60.7 Å². The zero-order valence-electron chi connectivity index (χ0n) is 15.9. The summed E-state index contributed by atoms with van der Waals surface area (Å²) < 4.78 is 53.8. The third-order valence-electron chi connectivity index (χ3n) is 4.88. The second-order valence-corrected chi connectivity index (χ2v) is 10.6. The van der Waals surface area contributed by atoms with Gasteiger partial charge in [-0.05, 0) is 58.7 Å². The van der Waals surface area contributed by atoms with Crippen LogP contribution in [0, 0.1) is 13.8 Å². The second-order valence-electron chi connectivity index (χ2n) is 7.02. The van der Waals surface area contributed by atoms with E-state index in [4.69, 9.17) is 0 Å². The summed E-state index contributed by atoms with van der Waals surface area (Å²) >= 11 is 0. The Balaban J connectivity index is 1.80. The molecule has 0 bridgehead atoms. The van der Waals surface area contributed by atoms with Gasteiger partial charge in [0.1, 0.15) is 0 Å². The maximum atomic E-state index is 13.0. The third kappa shape index (κ3) is 3.64. The molecule has 4 aromatic rings. The van der Waals surface area contributed by atoms with E-state index in [1.807, 2.05) is 28.4 Å². The molecule has 1 N–H and O–H groups in total. The fourth-order valence-electron chi connectivity index (χ4n) is 3.48. The Labute approximate surface area is 170 Å². The van der Waals surface area contributed by atoms with Crippen molar-refractivity contribution in [2.24, 2.45) is 0 Å². The zero-order valence-corrected chi connectivity index (χ0v) is 17.5. The first-order valence-electron chi connectivity index (χ1n) is 8.95. The van der Waals surface area contributed by atoms with Crippen LogP contribution in [0.1, 0.15) is 11.1 Å². The predicted octanol–water partition coefficient (Wildman–Crippen LogP) is 4.28. The summed E-state index contributed by atoms with van der Waals surface area (Å²) in [5.41, 5.74) is 0.947. The molecule has 0 aliphatic heterocycles. The molecule has 7 heteroatoms. The molecular formula is C22H19NO4S2. The quantitative estimate of drug-likeness (QED) is 0.529. The maximum absolute atomic E-state index is 13.0. The Hall–Kier alpha value is -2.74. The smallest absolute Gasteiger partial charge is 0.206 e. The molecular weight excluding hydrogens is 406 g/mol. The number of nitrogens with one attached hydrogen (secondary N) is 1. The van der Waals surface area contributed by atoms with Crippen LogP contribution in [0.4, 0.5) is 0 Å². The standard InChI is InChI=1S/C22H19NO4S2/c1-15-11-17-7-3-5-9-19(17)13-21(15)28(24,25)23-29(26,27)22-14-20-10-6-4-8-18(20)12-16(22)2/h3-14,23H,1-2H3. The van der Waals surface area contributed by atoms with Crippen LogP contribution in [0.25, 0.3) is 21.5 Å². The van der Waals surface area contributed by atoms with Crippen LogP contribution < -0.4 is 4.13 Å². The lowest BCUT2D eigenvalue weighted by Crippen LogP contribution is -2.31. The highest BCUT2D eigenvalue weighted by Crippen LogP contribution is 2.26. The normalized spacial score (nSPS) is 12.5. The van der Waals surface area contributed by atoms with Crippen molar-refractivity contribution in [3.8, 4) is 0 Å². The number of sulfonamides is 2. The van der Waals surface area contributed by atoms with Gasteiger partial charge in [0, 0.05) is 0 Å². The summed E-state index contributed by atoms with van der Waals surface area (Å²) in [6.45, 7) is 3.30. The van der Waals surface area contributed by atoms with Gasteiger partial charge in [-0.3, -0.25) is 0 Å². The van der Waals surface area contributed by atoms with Crippen LogP contribution in [0.15, 0.2) is 82.6 Å². The molecule has 5 nitrogen and oxygen atoms in total. The molecule has 29 heavy (non-hydrogen) atoms. The lowest BCUT2D eigenvalue weighted by atomic mass is 10.1. The van der Waals surface area contributed by atoms with Crippen LogP contribution in [0.2, 0.25) is 0 Å². The lowest BCUT2D eigenvalue weighted by Gasteiger charge is -2.13. The first-order valence-corrected chi connectivity index (χ1v) is 11.9. The fraction of sp³-hybridized carbons (Fsp3) is 0.0909. The second kappa shape index (κ2) is 6.95.